The van der Waals surface area contributed by atoms with Gasteiger partial charge >= 0.3 is 0 Å². The van der Waals surface area contributed by atoms with E-state index in [1.807, 2.05) is 25.1 Å². The number of nitrogens with zero attached hydrogens (tertiary/aromatic N) is 1. The Morgan fingerprint density at radius 2 is 1.96 bits per heavy atom. The smallest absolute Gasteiger partial charge is 0.274 e. The number of anilines is 1. The highest BCUT2D eigenvalue weighted by Gasteiger charge is 2.29. The number of pyridine rings is 1. The summed E-state index contributed by atoms with van der Waals surface area (Å²) >= 11 is 0. The van der Waals surface area contributed by atoms with Crippen LogP contribution in [0.2, 0.25) is 0 Å². The van der Waals surface area contributed by atoms with Crippen molar-refractivity contribution in [3.8, 4) is 0 Å². The summed E-state index contributed by atoms with van der Waals surface area (Å²) in [6.07, 6.45) is 1.78. The van der Waals surface area contributed by atoms with E-state index >= 15 is 0 Å². The Bertz CT molecular complexity index is 956. The van der Waals surface area contributed by atoms with Gasteiger partial charge in [0, 0.05) is 23.5 Å². The van der Waals surface area contributed by atoms with Crippen molar-refractivity contribution >= 4 is 27.3 Å². The number of rotatable bonds is 4. The summed E-state index contributed by atoms with van der Waals surface area (Å²) in [5.41, 5.74) is 2.02. The lowest BCUT2D eigenvalue weighted by atomic mass is 10.1. The molecular formula is C18H19N3O4S. The van der Waals surface area contributed by atoms with Gasteiger partial charge in [-0.1, -0.05) is 12.1 Å². The standard InChI is InChI=1S/C18H19N3O4S/c1-12-3-2-4-14(9-12)20-18(23)16-10-13(5-7-19-16)17(22)21-15-6-8-26(24,25)11-15/h2-5,7,9-10,15H,6,8,11H2,1H3,(H,20,23)(H,21,22). The zero-order valence-electron chi connectivity index (χ0n) is 14.2. The Hall–Kier alpha value is -2.74. The third-order valence-corrected chi connectivity index (χ3v) is 5.87. The number of hydrogen-bond acceptors (Lipinski definition) is 5. The summed E-state index contributed by atoms with van der Waals surface area (Å²) < 4.78 is 23.0. The average Bonchev–Trinajstić information content (AvgIpc) is 2.93. The molecule has 0 radical (unpaired) electrons. The summed E-state index contributed by atoms with van der Waals surface area (Å²) in [6, 6.07) is 9.83. The van der Waals surface area contributed by atoms with Crippen LogP contribution >= 0.6 is 0 Å². The van der Waals surface area contributed by atoms with E-state index in [0.717, 1.165) is 5.56 Å². The number of hydrogen-bond donors (Lipinski definition) is 2. The highest BCUT2D eigenvalue weighted by molar-refractivity contribution is 7.91. The van der Waals surface area contributed by atoms with E-state index in [1.165, 1.54) is 18.3 Å². The number of amides is 2. The van der Waals surface area contributed by atoms with Crippen LogP contribution in [0.4, 0.5) is 5.69 Å². The Morgan fingerprint density at radius 1 is 1.15 bits per heavy atom. The fourth-order valence-electron chi connectivity index (χ4n) is 2.79. The van der Waals surface area contributed by atoms with Crippen LogP contribution in [0.1, 0.15) is 32.8 Å². The van der Waals surface area contributed by atoms with Gasteiger partial charge in [-0.25, -0.2) is 8.42 Å². The van der Waals surface area contributed by atoms with Gasteiger partial charge in [0.2, 0.25) is 0 Å². The molecule has 2 aromatic rings. The number of nitrogens with one attached hydrogen (secondary N) is 2. The zero-order chi connectivity index (χ0) is 18.7. The van der Waals surface area contributed by atoms with Crippen molar-refractivity contribution < 1.29 is 18.0 Å². The lowest BCUT2D eigenvalue weighted by Gasteiger charge is -2.11. The molecule has 3 rings (SSSR count). The minimum atomic E-state index is -3.07. The van der Waals surface area contributed by atoms with Crippen LogP contribution in [0.5, 0.6) is 0 Å². The summed E-state index contributed by atoms with van der Waals surface area (Å²) in [4.78, 5) is 28.7. The lowest BCUT2D eigenvalue weighted by Crippen LogP contribution is -2.35. The first-order chi connectivity index (χ1) is 12.3. The van der Waals surface area contributed by atoms with Crippen LogP contribution < -0.4 is 10.6 Å². The van der Waals surface area contributed by atoms with E-state index in [-0.39, 0.29) is 22.8 Å². The molecular weight excluding hydrogens is 354 g/mol. The molecule has 2 N–H and O–H groups in total. The molecule has 26 heavy (non-hydrogen) atoms. The average molecular weight is 373 g/mol. The number of sulfone groups is 1. The molecule has 136 valence electrons. The van der Waals surface area contributed by atoms with Crippen molar-refractivity contribution in [2.24, 2.45) is 0 Å². The summed E-state index contributed by atoms with van der Waals surface area (Å²) in [5.74, 6) is -0.809. The second-order valence-electron chi connectivity index (χ2n) is 6.33. The first-order valence-electron chi connectivity index (χ1n) is 8.18. The molecule has 2 amide bonds. The van der Waals surface area contributed by atoms with E-state index in [2.05, 4.69) is 15.6 Å². The molecule has 1 atom stereocenters. The van der Waals surface area contributed by atoms with Gasteiger partial charge in [-0.05, 0) is 43.2 Å². The summed E-state index contributed by atoms with van der Waals surface area (Å²) in [6.45, 7) is 1.92. The fraction of sp³-hybridized carbons (Fsp3) is 0.278. The van der Waals surface area contributed by atoms with Crippen LogP contribution in [-0.2, 0) is 9.84 Å². The first kappa shape index (κ1) is 18.1. The number of carbonyl (C=O) groups is 2. The van der Waals surface area contributed by atoms with Gasteiger partial charge in [0.1, 0.15) is 5.69 Å². The molecule has 0 aliphatic carbocycles. The predicted molar refractivity (Wildman–Crippen MR) is 97.9 cm³/mol. The van der Waals surface area contributed by atoms with Crippen molar-refractivity contribution in [1.29, 1.82) is 0 Å². The summed E-state index contributed by atoms with van der Waals surface area (Å²) in [5, 5.41) is 5.43. The second-order valence-corrected chi connectivity index (χ2v) is 8.56. The normalized spacial score (nSPS) is 18.3. The Morgan fingerprint density at radius 3 is 2.65 bits per heavy atom. The molecule has 1 aromatic heterocycles. The molecule has 1 fully saturated rings. The van der Waals surface area contributed by atoms with Gasteiger partial charge in [-0.15, -0.1) is 0 Å². The Labute approximate surface area is 151 Å². The van der Waals surface area contributed by atoms with Gasteiger partial charge < -0.3 is 10.6 Å². The molecule has 1 aromatic carbocycles. The maximum atomic E-state index is 12.3. The fourth-order valence-corrected chi connectivity index (χ4v) is 4.46. The van der Waals surface area contributed by atoms with Gasteiger partial charge in [-0.3, -0.25) is 14.6 Å². The van der Waals surface area contributed by atoms with E-state index in [9.17, 15) is 18.0 Å². The quantitative estimate of drug-likeness (QED) is 0.846. The van der Waals surface area contributed by atoms with E-state index in [4.69, 9.17) is 0 Å². The zero-order valence-corrected chi connectivity index (χ0v) is 15.0. The van der Waals surface area contributed by atoms with Gasteiger partial charge in [0.25, 0.3) is 11.8 Å². The van der Waals surface area contributed by atoms with E-state index in [0.29, 0.717) is 12.1 Å². The molecule has 1 unspecified atom stereocenters. The highest BCUT2D eigenvalue weighted by Crippen LogP contribution is 2.14. The summed E-state index contributed by atoms with van der Waals surface area (Å²) in [7, 11) is -3.07. The largest absolute Gasteiger partial charge is 0.348 e. The van der Waals surface area contributed by atoms with Crippen LogP contribution in [0.25, 0.3) is 0 Å². The third-order valence-electron chi connectivity index (χ3n) is 4.10. The van der Waals surface area contributed by atoms with Crippen molar-refractivity contribution in [2.45, 2.75) is 19.4 Å². The Balaban J connectivity index is 1.69. The topological polar surface area (TPSA) is 105 Å². The SMILES string of the molecule is Cc1cccc(NC(=O)c2cc(C(=O)NC3CCS(=O)(=O)C3)ccn2)c1. The maximum Gasteiger partial charge on any atom is 0.274 e. The van der Waals surface area contributed by atoms with Gasteiger partial charge in [0.15, 0.2) is 9.84 Å². The molecule has 0 saturated carbocycles. The van der Waals surface area contributed by atoms with E-state index in [1.54, 1.807) is 6.07 Å². The number of benzene rings is 1. The van der Waals surface area contributed by atoms with Crippen molar-refractivity contribution in [1.82, 2.24) is 10.3 Å². The van der Waals surface area contributed by atoms with Crippen molar-refractivity contribution in [3.05, 3.63) is 59.4 Å². The first-order valence-corrected chi connectivity index (χ1v) is 10.00. The molecule has 8 heteroatoms. The van der Waals surface area contributed by atoms with Crippen LogP contribution in [-0.4, -0.2) is 42.8 Å². The monoisotopic (exact) mass is 373 g/mol. The van der Waals surface area contributed by atoms with Crippen molar-refractivity contribution in [3.63, 3.8) is 0 Å². The molecule has 1 aliphatic rings. The molecule has 1 saturated heterocycles. The number of carbonyl (C=O) groups excluding carboxylic acids is 2. The van der Waals surface area contributed by atoms with E-state index < -0.39 is 27.7 Å². The third kappa shape index (κ3) is 4.45. The molecule has 2 heterocycles. The van der Waals surface area contributed by atoms with Crippen LogP contribution in [0, 0.1) is 6.92 Å². The van der Waals surface area contributed by atoms with Gasteiger partial charge in [-0.2, -0.15) is 0 Å². The number of aryl methyl sites for hydroxylation is 1. The van der Waals surface area contributed by atoms with Crippen LogP contribution in [0.3, 0.4) is 0 Å². The Kier molecular flexibility index (Phi) is 5.03. The van der Waals surface area contributed by atoms with Gasteiger partial charge in [0.05, 0.1) is 11.5 Å². The number of aromatic nitrogens is 1. The molecule has 0 spiro atoms. The lowest BCUT2D eigenvalue weighted by molar-refractivity contribution is 0.0941. The maximum absolute atomic E-state index is 12.3. The minimum absolute atomic E-state index is 0.0511. The highest BCUT2D eigenvalue weighted by atomic mass is 32.2. The van der Waals surface area contributed by atoms with Crippen molar-refractivity contribution in [2.75, 3.05) is 16.8 Å². The predicted octanol–water partition coefficient (Wildman–Crippen LogP) is 1.56. The minimum Gasteiger partial charge on any atom is -0.348 e. The van der Waals surface area contributed by atoms with Crippen LogP contribution in [0.15, 0.2) is 42.6 Å². The second kappa shape index (κ2) is 7.25. The molecule has 7 nitrogen and oxygen atoms in total. The molecule has 1 aliphatic heterocycles. The molecule has 0 bridgehead atoms.